The van der Waals surface area contributed by atoms with E-state index in [1.54, 1.807) is 17.1 Å². The first kappa shape index (κ1) is 11.5. The Morgan fingerprint density at radius 1 is 1.41 bits per heavy atom. The summed E-state index contributed by atoms with van der Waals surface area (Å²) in [4.78, 5) is 8.09. The number of rotatable bonds is 4. The molecule has 2 heterocycles. The van der Waals surface area contributed by atoms with E-state index in [0.717, 1.165) is 6.54 Å². The van der Waals surface area contributed by atoms with Crippen LogP contribution in [0.2, 0.25) is 0 Å². The molecule has 0 aliphatic heterocycles. The van der Waals surface area contributed by atoms with Crippen LogP contribution in [0.15, 0.2) is 24.8 Å². The van der Waals surface area contributed by atoms with Gasteiger partial charge in [-0.1, -0.05) is 0 Å². The van der Waals surface area contributed by atoms with Gasteiger partial charge in [-0.25, -0.2) is 4.98 Å². The van der Waals surface area contributed by atoms with Crippen LogP contribution in [0.5, 0.6) is 5.88 Å². The molecule has 17 heavy (non-hydrogen) atoms. The second-order valence-corrected chi connectivity index (χ2v) is 3.48. The fourth-order valence-corrected chi connectivity index (χ4v) is 1.53. The summed E-state index contributed by atoms with van der Waals surface area (Å²) in [5.74, 6) is 0.323. The molecule has 0 aliphatic rings. The van der Waals surface area contributed by atoms with Crippen molar-refractivity contribution >= 4 is 0 Å². The second kappa shape index (κ2) is 4.92. The van der Waals surface area contributed by atoms with E-state index < -0.39 is 6.10 Å². The maximum atomic E-state index is 10.2. The zero-order valence-corrected chi connectivity index (χ0v) is 9.74. The summed E-state index contributed by atoms with van der Waals surface area (Å²) in [7, 11) is 1.50. The highest BCUT2D eigenvalue weighted by Crippen LogP contribution is 2.25. The summed E-state index contributed by atoms with van der Waals surface area (Å²) in [5, 5.41) is 14.3. The van der Waals surface area contributed by atoms with Crippen molar-refractivity contribution in [2.75, 3.05) is 7.11 Å². The number of aliphatic hydroxyl groups is 1. The molecular formula is C11H14N4O2. The molecule has 2 aromatic heterocycles. The third-order valence-electron chi connectivity index (χ3n) is 2.44. The van der Waals surface area contributed by atoms with Crippen LogP contribution in [-0.2, 0) is 6.54 Å². The van der Waals surface area contributed by atoms with Crippen LogP contribution in [0.1, 0.15) is 24.3 Å². The lowest BCUT2D eigenvalue weighted by atomic mass is 10.1. The minimum Gasteiger partial charge on any atom is -0.480 e. The molecule has 0 aromatic carbocycles. The van der Waals surface area contributed by atoms with Crippen LogP contribution in [0.3, 0.4) is 0 Å². The lowest BCUT2D eigenvalue weighted by Gasteiger charge is -2.10. The molecule has 0 bridgehead atoms. The minimum atomic E-state index is -0.876. The van der Waals surface area contributed by atoms with E-state index in [2.05, 4.69) is 15.1 Å². The second-order valence-electron chi connectivity index (χ2n) is 3.48. The Kier molecular flexibility index (Phi) is 3.34. The zero-order chi connectivity index (χ0) is 12.3. The molecule has 0 fully saturated rings. The van der Waals surface area contributed by atoms with Crippen molar-refractivity contribution in [3.05, 3.63) is 36.0 Å². The summed E-state index contributed by atoms with van der Waals surface area (Å²) >= 11 is 0. The molecule has 90 valence electrons. The monoisotopic (exact) mass is 234 g/mol. The van der Waals surface area contributed by atoms with Gasteiger partial charge in [-0.2, -0.15) is 5.10 Å². The van der Waals surface area contributed by atoms with Gasteiger partial charge in [0.1, 0.15) is 11.8 Å². The standard InChI is InChI=1S/C11H14N4O2/c1-3-15-7-8(6-14-15)10(16)9-11(17-2)13-5-4-12-9/h4-7,10,16H,3H2,1-2H3. The topological polar surface area (TPSA) is 73.1 Å². The number of nitrogens with zero attached hydrogens (tertiary/aromatic N) is 4. The van der Waals surface area contributed by atoms with Crippen LogP contribution in [-0.4, -0.2) is 32.0 Å². The van der Waals surface area contributed by atoms with E-state index in [-0.39, 0.29) is 0 Å². The van der Waals surface area contributed by atoms with Gasteiger partial charge in [0.25, 0.3) is 0 Å². The van der Waals surface area contributed by atoms with Crippen molar-refractivity contribution in [3.8, 4) is 5.88 Å². The van der Waals surface area contributed by atoms with E-state index in [4.69, 9.17) is 4.74 Å². The maximum absolute atomic E-state index is 10.2. The SMILES string of the molecule is CCn1cc(C(O)c2nccnc2OC)cn1. The number of aliphatic hydroxyl groups excluding tert-OH is 1. The van der Waals surface area contributed by atoms with Crippen LogP contribution in [0.4, 0.5) is 0 Å². The van der Waals surface area contributed by atoms with Gasteiger partial charge in [0.05, 0.1) is 13.3 Å². The molecule has 0 radical (unpaired) electrons. The van der Waals surface area contributed by atoms with Crippen LogP contribution >= 0.6 is 0 Å². The number of hydrogen-bond acceptors (Lipinski definition) is 5. The largest absolute Gasteiger partial charge is 0.480 e. The molecule has 0 aliphatic carbocycles. The molecule has 1 N–H and O–H groups in total. The maximum Gasteiger partial charge on any atom is 0.238 e. The Hall–Kier alpha value is -1.95. The smallest absolute Gasteiger partial charge is 0.238 e. The van der Waals surface area contributed by atoms with Gasteiger partial charge in [0.2, 0.25) is 5.88 Å². The Bertz CT molecular complexity index is 498. The number of hydrogen-bond donors (Lipinski definition) is 1. The van der Waals surface area contributed by atoms with Crippen molar-refractivity contribution < 1.29 is 9.84 Å². The summed E-state index contributed by atoms with van der Waals surface area (Å²) in [6.45, 7) is 2.73. The normalized spacial score (nSPS) is 12.4. The highest BCUT2D eigenvalue weighted by atomic mass is 16.5. The van der Waals surface area contributed by atoms with Crippen molar-refractivity contribution in [2.24, 2.45) is 0 Å². The quantitative estimate of drug-likeness (QED) is 0.846. The molecule has 0 amide bonds. The van der Waals surface area contributed by atoms with Crippen molar-refractivity contribution in [3.63, 3.8) is 0 Å². The number of ether oxygens (including phenoxy) is 1. The number of aromatic nitrogens is 4. The Labute approximate surface area is 98.9 Å². The highest BCUT2D eigenvalue weighted by molar-refractivity contribution is 5.28. The van der Waals surface area contributed by atoms with E-state index in [1.165, 1.54) is 19.5 Å². The highest BCUT2D eigenvalue weighted by Gasteiger charge is 2.19. The Balaban J connectivity index is 2.32. The zero-order valence-electron chi connectivity index (χ0n) is 9.74. The predicted octanol–water partition coefficient (Wildman–Crippen LogP) is 0.783. The van der Waals surface area contributed by atoms with E-state index in [9.17, 15) is 5.11 Å². The van der Waals surface area contributed by atoms with Crippen LogP contribution in [0, 0.1) is 0 Å². The fraction of sp³-hybridized carbons (Fsp3) is 0.364. The molecule has 6 nitrogen and oxygen atoms in total. The molecule has 2 aromatic rings. The third-order valence-corrected chi connectivity index (χ3v) is 2.44. The molecule has 0 saturated heterocycles. The summed E-state index contributed by atoms with van der Waals surface area (Å²) in [5.41, 5.74) is 1.07. The molecule has 1 atom stereocenters. The van der Waals surface area contributed by atoms with E-state index in [0.29, 0.717) is 17.1 Å². The van der Waals surface area contributed by atoms with Gasteiger partial charge in [-0.15, -0.1) is 0 Å². The van der Waals surface area contributed by atoms with Crippen LogP contribution < -0.4 is 4.74 Å². The first-order chi connectivity index (χ1) is 8.26. The van der Waals surface area contributed by atoms with Crippen LogP contribution in [0.25, 0.3) is 0 Å². The van der Waals surface area contributed by atoms with E-state index >= 15 is 0 Å². The molecule has 6 heteroatoms. The van der Waals surface area contributed by atoms with Gasteiger partial charge < -0.3 is 9.84 Å². The molecule has 0 saturated carbocycles. The summed E-state index contributed by atoms with van der Waals surface area (Å²) < 4.78 is 6.80. The summed E-state index contributed by atoms with van der Waals surface area (Å²) in [6, 6.07) is 0. The van der Waals surface area contributed by atoms with Gasteiger partial charge in [-0.3, -0.25) is 9.67 Å². The first-order valence-corrected chi connectivity index (χ1v) is 5.31. The average Bonchev–Trinajstić information content (AvgIpc) is 2.86. The van der Waals surface area contributed by atoms with Gasteiger partial charge in [0, 0.05) is 30.7 Å². The molecule has 0 spiro atoms. The molecule has 2 rings (SSSR count). The fourth-order valence-electron chi connectivity index (χ4n) is 1.53. The Morgan fingerprint density at radius 2 is 2.18 bits per heavy atom. The number of methoxy groups -OCH3 is 1. The molecule has 1 unspecified atom stereocenters. The van der Waals surface area contributed by atoms with Crippen molar-refractivity contribution in [1.82, 2.24) is 19.7 Å². The lowest BCUT2D eigenvalue weighted by molar-refractivity contribution is 0.207. The van der Waals surface area contributed by atoms with Crippen molar-refractivity contribution in [1.29, 1.82) is 0 Å². The number of aryl methyl sites for hydroxylation is 1. The molecular weight excluding hydrogens is 220 g/mol. The average molecular weight is 234 g/mol. The van der Waals surface area contributed by atoms with Gasteiger partial charge in [0.15, 0.2) is 0 Å². The predicted molar refractivity (Wildman–Crippen MR) is 60.5 cm³/mol. The Morgan fingerprint density at radius 3 is 2.82 bits per heavy atom. The van der Waals surface area contributed by atoms with E-state index in [1.807, 2.05) is 6.92 Å². The third kappa shape index (κ3) is 2.26. The van der Waals surface area contributed by atoms with Gasteiger partial charge >= 0.3 is 0 Å². The van der Waals surface area contributed by atoms with Crippen molar-refractivity contribution in [2.45, 2.75) is 19.6 Å². The summed E-state index contributed by atoms with van der Waals surface area (Å²) in [6.07, 6.45) is 5.55. The lowest BCUT2D eigenvalue weighted by Crippen LogP contribution is -2.05. The first-order valence-electron chi connectivity index (χ1n) is 5.31. The minimum absolute atomic E-state index is 0.323. The van der Waals surface area contributed by atoms with Gasteiger partial charge in [-0.05, 0) is 6.92 Å².